The number of unbranched alkanes of at least 4 members (excludes halogenated alkanes) is 1. The van der Waals surface area contributed by atoms with Gasteiger partial charge in [-0.3, -0.25) is 9.51 Å². The van der Waals surface area contributed by atoms with E-state index in [0.29, 0.717) is 38.4 Å². The summed E-state index contributed by atoms with van der Waals surface area (Å²) in [5.41, 5.74) is 2.41. The molecule has 0 aliphatic heterocycles. The number of H-pyrrole nitrogens is 1. The fourth-order valence-corrected chi connectivity index (χ4v) is 5.55. The van der Waals surface area contributed by atoms with Crippen LogP contribution in [0.25, 0.3) is 0 Å². The minimum Gasteiger partial charge on any atom is -0.493 e. The second-order valence-corrected chi connectivity index (χ2v) is 10.5. The van der Waals surface area contributed by atoms with Crippen molar-refractivity contribution in [2.45, 2.75) is 84.2 Å². The highest BCUT2D eigenvalue weighted by atomic mass is 16.5. The third kappa shape index (κ3) is 6.87. The lowest BCUT2D eigenvalue weighted by Gasteiger charge is -2.35. The van der Waals surface area contributed by atoms with Gasteiger partial charge in [-0.1, -0.05) is 48.3 Å². The normalized spacial score (nSPS) is 15.0. The Morgan fingerprint density at radius 1 is 1.10 bits per heavy atom. The first kappa shape index (κ1) is 29.2. The summed E-state index contributed by atoms with van der Waals surface area (Å²) in [6, 6.07) is 13.9. The number of ether oxygens (including phenoxy) is 2. The van der Waals surface area contributed by atoms with Gasteiger partial charge < -0.3 is 19.7 Å². The fraction of sp³-hybridized carbons (Fsp3) is 0.516. The number of aromatic nitrogens is 2. The molecule has 0 radical (unpaired) electrons. The number of urea groups is 1. The molecule has 9 nitrogen and oxygen atoms in total. The van der Waals surface area contributed by atoms with Crippen LogP contribution >= 0.6 is 0 Å². The van der Waals surface area contributed by atoms with E-state index in [9.17, 15) is 9.59 Å². The predicted octanol–water partition coefficient (Wildman–Crippen LogP) is 6.03. The van der Waals surface area contributed by atoms with Crippen LogP contribution < -0.4 is 20.5 Å². The Balaban J connectivity index is 1.60. The molecular formula is C31H42N4O5. The molecule has 9 heteroatoms. The van der Waals surface area contributed by atoms with E-state index in [1.54, 1.807) is 0 Å². The van der Waals surface area contributed by atoms with Gasteiger partial charge in [0.05, 0.1) is 19.3 Å². The molecule has 2 N–H and O–H groups in total. The molecule has 0 bridgehead atoms. The van der Waals surface area contributed by atoms with E-state index in [1.165, 1.54) is 5.56 Å². The number of hydrogen-bond acceptors (Lipinski definition) is 6. The minimum atomic E-state index is -0.758. The largest absolute Gasteiger partial charge is 0.493 e. The number of nitrogens with one attached hydrogen (secondary N) is 2. The smallest absolute Gasteiger partial charge is 0.438 e. The lowest BCUT2D eigenvalue weighted by Crippen LogP contribution is -2.51. The molecule has 216 valence electrons. The molecule has 3 aromatic rings. The fourth-order valence-electron chi connectivity index (χ4n) is 5.55. The number of nitrogens with zero attached hydrogens (tertiary/aromatic N) is 2. The molecule has 1 heterocycles. The predicted molar refractivity (Wildman–Crippen MR) is 154 cm³/mol. The number of benzene rings is 2. The van der Waals surface area contributed by atoms with Crippen LogP contribution in [0.4, 0.5) is 4.79 Å². The Kier molecular flexibility index (Phi) is 9.90. The van der Waals surface area contributed by atoms with E-state index in [2.05, 4.69) is 39.7 Å². The molecule has 1 fully saturated rings. The van der Waals surface area contributed by atoms with Gasteiger partial charge in [-0.2, -0.15) is 0 Å². The topological polar surface area (TPSA) is 110 Å². The van der Waals surface area contributed by atoms with Crippen LogP contribution in [-0.4, -0.2) is 40.8 Å². The maximum atomic E-state index is 14.1. The average Bonchev–Trinajstić information content (AvgIpc) is 3.61. The molecule has 2 amide bonds. The highest BCUT2D eigenvalue weighted by Crippen LogP contribution is 2.38. The number of amides is 2. The number of carbonyl (C=O) groups is 1. The van der Waals surface area contributed by atoms with Gasteiger partial charge in [0.25, 0.3) is 0 Å². The van der Waals surface area contributed by atoms with Crippen molar-refractivity contribution >= 4 is 6.03 Å². The number of carbonyl (C=O) groups excluding carboxylic acids is 1. The molecule has 1 aliphatic carbocycles. The first-order valence-electron chi connectivity index (χ1n) is 14.5. The highest BCUT2D eigenvalue weighted by molar-refractivity contribution is 5.76. The van der Waals surface area contributed by atoms with Gasteiger partial charge in [0, 0.05) is 12.1 Å². The Morgan fingerprint density at radius 3 is 2.33 bits per heavy atom. The van der Waals surface area contributed by atoms with Gasteiger partial charge in [0.15, 0.2) is 5.82 Å². The van der Waals surface area contributed by atoms with Crippen molar-refractivity contribution in [3.8, 4) is 11.5 Å². The van der Waals surface area contributed by atoms with Crippen LogP contribution in [0.5, 0.6) is 11.5 Å². The van der Waals surface area contributed by atoms with Crippen molar-refractivity contribution < 1.29 is 18.8 Å². The molecule has 2 aromatic carbocycles. The SMILES string of the molecule is CCOc1cc(C(C)N(CCCCc2ccccc2)C(=O)NC2(c3noc(=O)[nH]3)CCCC2)cc(OCC)c1C. The Morgan fingerprint density at radius 2 is 1.75 bits per heavy atom. The van der Waals surface area contributed by atoms with Crippen molar-refractivity contribution in [2.24, 2.45) is 0 Å². The van der Waals surface area contributed by atoms with Crippen LogP contribution in [0.2, 0.25) is 0 Å². The Hall–Kier alpha value is -3.75. The van der Waals surface area contributed by atoms with E-state index in [1.807, 2.05) is 50.8 Å². The first-order chi connectivity index (χ1) is 19.4. The third-order valence-electron chi connectivity index (χ3n) is 7.80. The third-order valence-corrected chi connectivity index (χ3v) is 7.80. The van der Waals surface area contributed by atoms with Crippen molar-refractivity contribution in [1.82, 2.24) is 20.4 Å². The molecule has 1 aliphatic rings. The monoisotopic (exact) mass is 550 g/mol. The summed E-state index contributed by atoms with van der Waals surface area (Å²) < 4.78 is 16.7. The van der Waals surface area contributed by atoms with Crippen LogP contribution in [0.15, 0.2) is 51.8 Å². The van der Waals surface area contributed by atoms with E-state index in [0.717, 1.165) is 54.7 Å². The van der Waals surface area contributed by atoms with Gasteiger partial charge in [0.1, 0.15) is 17.0 Å². The zero-order chi connectivity index (χ0) is 28.5. The zero-order valence-electron chi connectivity index (χ0n) is 24.1. The summed E-state index contributed by atoms with van der Waals surface area (Å²) in [7, 11) is 0. The van der Waals surface area contributed by atoms with Crippen LogP contribution in [0.1, 0.15) is 87.9 Å². The maximum absolute atomic E-state index is 14.1. The molecule has 0 saturated heterocycles. The lowest BCUT2D eigenvalue weighted by molar-refractivity contribution is 0.160. The van der Waals surface area contributed by atoms with Crippen molar-refractivity contribution in [3.63, 3.8) is 0 Å². The van der Waals surface area contributed by atoms with E-state index in [4.69, 9.17) is 14.0 Å². The zero-order valence-corrected chi connectivity index (χ0v) is 24.1. The van der Waals surface area contributed by atoms with Crippen molar-refractivity contribution in [3.05, 3.63) is 75.5 Å². The van der Waals surface area contributed by atoms with E-state index >= 15 is 0 Å². The van der Waals surface area contributed by atoms with Gasteiger partial charge in [-0.25, -0.2) is 9.59 Å². The maximum Gasteiger partial charge on any atom is 0.438 e. The summed E-state index contributed by atoms with van der Waals surface area (Å²) in [5.74, 6) is 1.28. The first-order valence-corrected chi connectivity index (χ1v) is 14.5. The number of rotatable bonds is 13. The van der Waals surface area contributed by atoms with Gasteiger partial charge >= 0.3 is 11.8 Å². The summed E-state index contributed by atoms with van der Waals surface area (Å²) in [4.78, 5) is 30.4. The molecule has 40 heavy (non-hydrogen) atoms. The van der Waals surface area contributed by atoms with Crippen LogP contribution in [0, 0.1) is 6.92 Å². The van der Waals surface area contributed by atoms with Gasteiger partial charge in [-0.15, -0.1) is 0 Å². The summed E-state index contributed by atoms with van der Waals surface area (Å²) in [5, 5.41) is 7.21. The quantitative estimate of drug-likeness (QED) is 0.251. The molecule has 1 aromatic heterocycles. The summed E-state index contributed by atoms with van der Waals surface area (Å²) in [6.07, 6.45) is 5.95. The van der Waals surface area contributed by atoms with Crippen molar-refractivity contribution in [1.29, 1.82) is 0 Å². The number of hydrogen-bond donors (Lipinski definition) is 2. The minimum absolute atomic E-state index is 0.200. The number of aryl methyl sites for hydroxylation is 1. The van der Waals surface area contributed by atoms with E-state index in [-0.39, 0.29) is 12.1 Å². The van der Waals surface area contributed by atoms with E-state index < -0.39 is 11.3 Å². The average molecular weight is 551 g/mol. The second kappa shape index (κ2) is 13.5. The Labute approximate surface area is 236 Å². The Bertz CT molecular complexity index is 1270. The molecule has 4 rings (SSSR count). The highest BCUT2D eigenvalue weighted by Gasteiger charge is 2.42. The molecular weight excluding hydrogens is 508 g/mol. The summed E-state index contributed by atoms with van der Waals surface area (Å²) >= 11 is 0. The van der Waals surface area contributed by atoms with Crippen molar-refractivity contribution in [2.75, 3.05) is 19.8 Å². The van der Waals surface area contributed by atoms with Crippen LogP contribution in [0.3, 0.4) is 0 Å². The molecule has 0 spiro atoms. The number of aromatic amines is 1. The molecule has 1 unspecified atom stereocenters. The standard InChI is InChI=1S/C31H42N4O5/c1-5-38-26-20-25(21-27(22(26)3)39-6-2)23(4)35(19-13-10-16-24-14-8-7-9-15-24)29(36)33-31(17-11-12-18-31)28-32-30(37)40-34-28/h7-9,14-15,20-21,23H,5-6,10-13,16-19H2,1-4H3,(H,33,36)(H,32,34,37). The lowest BCUT2D eigenvalue weighted by atomic mass is 9.96. The molecule has 1 saturated carbocycles. The van der Waals surface area contributed by atoms with Crippen LogP contribution in [-0.2, 0) is 12.0 Å². The summed E-state index contributed by atoms with van der Waals surface area (Å²) in [6.45, 7) is 9.56. The van der Waals surface area contributed by atoms with Gasteiger partial charge in [-0.05, 0) is 83.1 Å². The second-order valence-electron chi connectivity index (χ2n) is 10.5. The molecule has 1 atom stereocenters. The van der Waals surface area contributed by atoms with Gasteiger partial charge in [0.2, 0.25) is 0 Å².